The fraction of sp³-hybridized carbons (Fsp3) is 0.647. The van der Waals surface area contributed by atoms with Crippen molar-refractivity contribution in [2.45, 2.75) is 46.0 Å². The SMILES string of the molecule is CCCNc1cc(C)ncc1C(=O)NCC1(C2CC2)CC1. The number of amides is 1. The number of hydrogen-bond acceptors (Lipinski definition) is 3. The number of aryl methyl sites for hydroxylation is 1. The van der Waals surface area contributed by atoms with E-state index in [9.17, 15) is 4.79 Å². The minimum absolute atomic E-state index is 0.00743. The fourth-order valence-corrected chi connectivity index (χ4v) is 3.08. The Morgan fingerprint density at radius 1 is 1.43 bits per heavy atom. The van der Waals surface area contributed by atoms with E-state index in [0.717, 1.165) is 36.8 Å². The number of aromatic nitrogens is 1. The third-order valence-corrected chi connectivity index (χ3v) is 4.79. The van der Waals surface area contributed by atoms with Crippen LogP contribution in [0.25, 0.3) is 0 Å². The normalized spacial score (nSPS) is 19.1. The van der Waals surface area contributed by atoms with Gasteiger partial charge in [0.1, 0.15) is 0 Å². The number of hydrogen-bond donors (Lipinski definition) is 2. The lowest BCUT2D eigenvalue weighted by Crippen LogP contribution is -2.31. The number of rotatable bonds is 7. The highest BCUT2D eigenvalue weighted by Gasteiger charge is 2.53. The van der Waals surface area contributed by atoms with Gasteiger partial charge in [0, 0.05) is 25.0 Å². The molecule has 114 valence electrons. The summed E-state index contributed by atoms with van der Waals surface area (Å²) < 4.78 is 0. The van der Waals surface area contributed by atoms with E-state index in [1.165, 1.54) is 25.7 Å². The maximum absolute atomic E-state index is 12.5. The zero-order valence-corrected chi connectivity index (χ0v) is 13.0. The van der Waals surface area contributed by atoms with E-state index in [1.807, 2.05) is 13.0 Å². The minimum Gasteiger partial charge on any atom is -0.384 e. The summed E-state index contributed by atoms with van der Waals surface area (Å²) in [7, 11) is 0. The predicted molar refractivity (Wildman–Crippen MR) is 84.5 cm³/mol. The van der Waals surface area contributed by atoms with E-state index in [2.05, 4.69) is 22.5 Å². The van der Waals surface area contributed by atoms with Crippen LogP contribution in [-0.2, 0) is 0 Å². The van der Waals surface area contributed by atoms with E-state index >= 15 is 0 Å². The van der Waals surface area contributed by atoms with Gasteiger partial charge in [0.05, 0.1) is 11.3 Å². The van der Waals surface area contributed by atoms with Crippen LogP contribution in [0, 0.1) is 18.3 Å². The Kier molecular flexibility index (Phi) is 3.87. The summed E-state index contributed by atoms with van der Waals surface area (Å²) in [5.41, 5.74) is 2.94. The van der Waals surface area contributed by atoms with E-state index in [1.54, 1.807) is 6.20 Å². The second-order valence-electron chi connectivity index (χ2n) is 6.62. The average molecular weight is 287 g/mol. The molecular formula is C17H25N3O. The maximum Gasteiger partial charge on any atom is 0.254 e. The molecule has 1 aromatic heterocycles. The van der Waals surface area contributed by atoms with Crippen molar-refractivity contribution in [3.63, 3.8) is 0 Å². The molecule has 21 heavy (non-hydrogen) atoms. The average Bonchev–Trinajstić information content (AvgIpc) is 3.35. The molecule has 1 aromatic rings. The van der Waals surface area contributed by atoms with E-state index in [-0.39, 0.29) is 5.91 Å². The topological polar surface area (TPSA) is 54.0 Å². The highest BCUT2D eigenvalue weighted by molar-refractivity contribution is 5.99. The van der Waals surface area contributed by atoms with Crippen LogP contribution in [0.15, 0.2) is 12.3 Å². The van der Waals surface area contributed by atoms with Crippen molar-refractivity contribution in [2.24, 2.45) is 11.3 Å². The third-order valence-electron chi connectivity index (χ3n) is 4.79. The quantitative estimate of drug-likeness (QED) is 0.810. The van der Waals surface area contributed by atoms with Gasteiger partial charge in [-0.25, -0.2) is 0 Å². The van der Waals surface area contributed by atoms with Crippen molar-refractivity contribution in [3.05, 3.63) is 23.5 Å². The van der Waals surface area contributed by atoms with Crippen molar-refractivity contribution < 1.29 is 4.79 Å². The second-order valence-corrected chi connectivity index (χ2v) is 6.62. The van der Waals surface area contributed by atoms with Crippen molar-refractivity contribution in [2.75, 3.05) is 18.4 Å². The fourth-order valence-electron chi connectivity index (χ4n) is 3.08. The van der Waals surface area contributed by atoms with Gasteiger partial charge in [-0.3, -0.25) is 9.78 Å². The second kappa shape index (κ2) is 5.66. The molecule has 2 aliphatic rings. The lowest BCUT2D eigenvalue weighted by Gasteiger charge is -2.16. The molecule has 0 bridgehead atoms. The first kappa shape index (κ1) is 14.4. The van der Waals surface area contributed by atoms with E-state index < -0.39 is 0 Å². The summed E-state index contributed by atoms with van der Waals surface area (Å²) in [4.78, 5) is 16.7. The van der Waals surface area contributed by atoms with Gasteiger partial charge >= 0.3 is 0 Å². The molecule has 0 saturated heterocycles. The first-order valence-corrected chi connectivity index (χ1v) is 8.13. The molecule has 2 aliphatic carbocycles. The predicted octanol–water partition coefficient (Wildman–Crippen LogP) is 3.13. The molecule has 1 heterocycles. The van der Waals surface area contributed by atoms with Crippen LogP contribution >= 0.6 is 0 Å². The standard InChI is InChI=1S/C17H25N3O/c1-3-8-18-15-9-12(2)19-10-14(15)16(21)20-11-17(6-7-17)13-4-5-13/h9-10,13H,3-8,11H2,1-2H3,(H,18,19)(H,20,21). The van der Waals surface area contributed by atoms with Crippen LogP contribution in [0.1, 0.15) is 55.1 Å². The summed E-state index contributed by atoms with van der Waals surface area (Å²) in [5, 5.41) is 6.47. The summed E-state index contributed by atoms with van der Waals surface area (Å²) in [5.74, 6) is 0.875. The molecule has 0 atom stereocenters. The lowest BCUT2D eigenvalue weighted by molar-refractivity contribution is 0.0943. The molecule has 4 heteroatoms. The Morgan fingerprint density at radius 3 is 2.81 bits per heavy atom. The van der Waals surface area contributed by atoms with Crippen molar-refractivity contribution in [1.29, 1.82) is 0 Å². The molecule has 4 nitrogen and oxygen atoms in total. The Morgan fingerprint density at radius 2 is 2.19 bits per heavy atom. The zero-order chi connectivity index (χ0) is 14.9. The van der Waals surface area contributed by atoms with Gasteiger partial charge in [0.15, 0.2) is 0 Å². The van der Waals surface area contributed by atoms with Crippen LogP contribution in [0.2, 0.25) is 0 Å². The maximum atomic E-state index is 12.5. The number of pyridine rings is 1. The van der Waals surface area contributed by atoms with Crippen LogP contribution in [0.4, 0.5) is 5.69 Å². The van der Waals surface area contributed by atoms with Crippen molar-refractivity contribution >= 4 is 11.6 Å². The van der Waals surface area contributed by atoms with Gasteiger partial charge in [-0.15, -0.1) is 0 Å². The van der Waals surface area contributed by atoms with Gasteiger partial charge in [0.2, 0.25) is 0 Å². The number of carbonyl (C=O) groups is 1. The Hall–Kier alpha value is -1.58. The Bertz CT molecular complexity index is 533. The smallest absolute Gasteiger partial charge is 0.254 e. The number of nitrogens with zero attached hydrogens (tertiary/aromatic N) is 1. The third kappa shape index (κ3) is 3.20. The van der Waals surface area contributed by atoms with Gasteiger partial charge in [-0.2, -0.15) is 0 Å². The highest BCUT2D eigenvalue weighted by atomic mass is 16.1. The molecule has 0 aliphatic heterocycles. The zero-order valence-electron chi connectivity index (χ0n) is 13.0. The monoisotopic (exact) mass is 287 g/mol. The largest absolute Gasteiger partial charge is 0.384 e. The van der Waals surface area contributed by atoms with Gasteiger partial charge < -0.3 is 10.6 Å². The molecule has 2 saturated carbocycles. The molecule has 3 rings (SSSR count). The van der Waals surface area contributed by atoms with Crippen molar-refractivity contribution in [3.8, 4) is 0 Å². The first-order chi connectivity index (χ1) is 10.1. The van der Waals surface area contributed by atoms with E-state index in [0.29, 0.717) is 11.0 Å². The van der Waals surface area contributed by atoms with Crippen molar-refractivity contribution in [1.82, 2.24) is 10.3 Å². The molecule has 0 aromatic carbocycles. The number of anilines is 1. The molecule has 0 unspecified atom stereocenters. The van der Waals surface area contributed by atoms with Crippen LogP contribution in [-0.4, -0.2) is 24.0 Å². The number of nitrogens with one attached hydrogen (secondary N) is 2. The van der Waals surface area contributed by atoms with Crippen LogP contribution in [0.5, 0.6) is 0 Å². The molecule has 1 amide bonds. The lowest BCUT2D eigenvalue weighted by atomic mass is 10.0. The molecule has 2 N–H and O–H groups in total. The van der Waals surface area contributed by atoms with Gasteiger partial charge in [0.25, 0.3) is 5.91 Å². The molecule has 0 spiro atoms. The molecular weight excluding hydrogens is 262 g/mol. The Balaban J connectivity index is 1.65. The van der Waals surface area contributed by atoms with Gasteiger partial charge in [-0.05, 0) is 56.4 Å². The van der Waals surface area contributed by atoms with Crippen LogP contribution < -0.4 is 10.6 Å². The summed E-state index contributed by atoms with van der Waals surface area (Å²) in [6, 6.07) is 1.96. The highest BCUT2D eigenvalue weighted by Crippen LogP contribution is 2.60. The van der Waals surface area contributed by atoms with E-state index in [4.69, 9.17) is 0 Å². The first-order valence-electron chi connectivity index (χ1n) is 8.13. The Labute approximate surface area is 126 Å². The van der Waals surface area contributed by atoms with Crippen LogP contribution in [0.3, 0.4) is 0 Å². The minimum atomic E-state index is 0.00743. The number of carbonyl (C=O) groups excluding carboxylic acids is 1. The summed E-state index contributed by atoms with van der Waals surface area (Å²) in [6.07, 6.45) is 8.00. The summed E-state index contributed by atoms with van der Waals surface area (Å²) in [6.45, 7) is 5.77. The van der Waals surface area contributed by atoms with Gasteiger partial charge in [-0.1, -0.05) is 6.92 Å². The molecule has 0 radical (unpaired) electrons. The summed E-state index contributed by atoms with van der Waals surface area (Å²) >= 11 is 0. The molecule has 2 fully saturated rings.